The molecule has 5 heteroatoms. The maximum atomic E-state index is 11.5. The third-order valence-corrected chi connectivity index (χ3v) is 2.42. The molecule has 0 aliphatic heterocycles. The van der Waals surface area contributed by atoms with Gasteiger partial charge in [-0.25, -0.2) is 0 Å². The van der Waals surface area contributed by atoms with Gasteiger partial charge in [0.1, 0.15) is 0 Å². The van der Waals surface area contributed by atoms with Gasteiger partial charge in [-0.3, -0.25) is 0 Å². The number of hydrogen-bond acceptors (Lipinski definition) is 1. The third kappa shape index (κ3) is 4.25. The van der Waals surface area contributed by atoms with Crippen LogP contribution in [0.4, 0.5) is 0 Å². The van der Waals surface area contributed by atoms with Crippen molar-refractivity contribution in [1.82, 2.24) is 0 Å². The quantitative estimate of drug-likeness (QED) is 0.624. The Morgan fingerprint density at radius 1 is 1.21 bits per heavy atom. The van der Waals surface area contributed by atoms with Crippen LogP contribution >= 0.6 is 23.2 Å². The number of rotatable bonds is 1. The summed E-state index contributed by atoms with van der Waals surface area (Å²) < 4.78 is 0. The molecule has 0 N–H and O–H groups in total. The second-order valence-corrected chi connectivity index (χ2v) is 3.90. The van der Waals surface area contributed by atoms with E-state index < -0.39 is 5.60 Å². The van der Waals surface area contributed by atoms with Crippen LogP contribution in [0.25, 0.3) is 0 Å². The van der Waals surface area contributed by atoms with Crippen molar-refractivity contribution in [3.05, 3.63) is 33.8 Å². The summed E-state index contributed by atoms with van der Waals surface area (Å²) in [5.41, 5.74) is -0.654. The molecule has 0 spiro atoms. The minimum absolute atomic E-state index is 0. The second-order valence-electron chi connectivity index (χ2n) is 3.11. The Morgan fingerprint density at radius 3 is 2.07 bits per heavy atom. The molecular formula is C9H9BrCl2MgO. The molecule has 0 saturated heterocycles. The summed E-state index contributed by atoms with van der Waals surface area (Å²) >= 11 is 11.6. The molecule has 0 unspecified atom stereocenters. The smallest absolute Gasteiger partial charge is 1.00 e. The largest absolute Gasteiger partial charge is 2.00 e. The SMILES string of the molecule is CC(C)([O-])c1cccc(Cl)c1Cl.[Br-].[Mg+2]. The summed E-state index contributed by atoms with van der Waals surface area (Å²) in [7, 11) is 0. The topological polar surface area (TPSA) is 23.1 Å². The maximum absolute atomic E-state index is 11.5. The van der Waals surface area contributed by atoms with E-state index in [9.17, 15) is 5.11 Å². The van der Waals surface area contributed by atoms with E-state index in [1.54, 1.807) is 32.0 Å². The summed E-state index contributed by atoms with van der Waals surface area (Å²) in [5, 5.41) is 12.3. The predicted molar refractivity (Wildman–Crippen MR) is 55.2 cm³/mol. The maximum Gasteiger partial charge on any atom is 2.00 e. The number of halogens is 3. The van der Waals surface area contributed by atoms with E-state index in [2.05, 4.69) is 0 Å². The first-order chi connectivity index (χ1) is 5.43. The van der Waals surface area contributed by atoms with Gasteiger partial charge in [-0.2, -0.15) is 0 Å². The Kier molecular flexibility index (Phi) is 8.15. The van der Waals surface area contributed by atoms with E-state index in [1.807, 2.05) is 0 Å². The van der Waals surface area contributed by atoms with Gasteiger partial charge in [0.25, 0.3) is 0 Å². The Hall–Kier alpha value is 1.01. The van der Waals surface area contributed by atoms with Crippen molar-refractivity contribution in [3.63, 3.8) is 0 Å². The molecule has 0 aliphatic carbocycles. The molecule has 0 atom stereocenters. The van der Waals surface area contributed by atoms with E-state index in [0.717, 1.165) is 0 Å². The molecule has 1 aromatic carbocycles. The van der Waals surface area contributed by atoms with Crippen molar-refractivity contribution in [2.75, 3.05) is 0 Å². The second kappa shape index (κ2) is 6.56. The Labute approximate surface area is 121 Å². The van der Waals surface area contributed by atoms with Crippen molar-refractivity contribution in [3.8, 4) is 0 Å². The molecule has 0 saturated carbocycles. The summed E-state index contributed by atoms with van der Waals surface area (Å²) in [4.78, 5) is 0. The molecular weight excluding hydrogens is 299 g/mol. The van der Waals surface area contributed by atoms with Gasteiger partial charge in [-0.05, 0) is 11.6 Å². The van der Waals surface area contributed by atoms with Crippen LogP contribution in [0.15, 0.2) is 18.2 Å². The van der Waals surface area contributed by atoms with Gasteiger partial charge in [0, 0.05) is 0 Å². The zero-order valence-electron chi connectivity index (χ0n) is 7.98. The van der Waals surface area contributed by atoms with Crippen LogP contribution in [-0.4, -0.2) is 23.1 Å². The monoisotopic (exact) mass is 306 g/mol. The molecule has 0 aromatic heterocycles. The Bertz CT molecular complexity index is 299. The molecule has 0 amide bonds. The first kappa shape index (κ1) is 17.4. The Morgan fingerprint density at radius 2 is 1.71 bits per heavy atom. The van der Waals surface area contributed by atoms with E-state index in [4.69, 9.17) is 23.2 Å². The minimum Gasteiger partial charge on any atom is -1.00 e. The number of benzene rings is 1. The van der Waals surface area contributed by atoms with Crippen molar-refractivity contribution >= 4 is 46.3 Å². The molecule has 74 valence electrons. The molecule has 0 aliphatic rings. The molecule has 14 heavy (non-hydrogen) atoms. The van der Waals surface area contributed by atoms with Crippen molar-refractivity contribution in [2.45, 2.75) is 19.4 Å². The Balaban J connectivity index is 0. The minimum atomic E-state index is -1.19. The summed E-state index contributed by atoms with van der Waals surface area (Å²) in [5.74, 6) is 0. The van der Waals surface area contributed by atoms with Crippen LogP contribution in [0, 0.1) is 0 Å². The van der Waals surface area contributed by atoms with Gasteiger partial charge in [0.05, 0.1) is 10.0 Å². The fraction of sp³-hybridized carbons (Fsp3) is 0.333. The zero-order chi connectivity index (χ0) is 9.35. The normalized spacial score (nSPS) is 10.1. The predicted octanol–water partition coefficient (Wildman–Crippen LogP) is -0.788. The fourth-order valence-electron chi connectivity index (χ4n) is 0.969. The molecule has 1 aromatic rings. The van der Waals surface area contributed by atoms with Gasteiger partial charge in [-0.15, -0.1) is 0 Å². The van der Waals surface area contributed by atoms with Crippen LogP contribution in [0.3, 0.4) is 0 Å². The average Bonchev–Trinajstić information content (AvgIpc) is 1.92. The molecule has 1 rings (SSSR count). The van der Waals surface area contributed by atoms with Gasteiger partial charge < -0.3 is 22.1 Å². The third-order valence-electron chi connectivity index (χ3n) is 1.60. The van der Waals surface area contributed by atoms with Crippen molar-refractivity contribution < 1.29 is 22.1 Å². The zero-order valence-corrected chi connectivity index (χ0v) is 12.5. The molecule has 0 fully saturated rings. The van der Waals surface area contributed by atoms with Gasteiger partial charge in [0.15, 0.2) is 0 Å². The molecule has 0 radical (unpaired) electrons. The van der Waals surface area contributed by atoms with Crippen molar-refractivity contribution in [1.29, 1.82) is 0 Å². The molecule has 1 nitrogen and oxygen atoms in total. The molecule has 0 heterocycles. The van der Waals surface area contributed by atoms with E-state index in [1.165, 1.54) is 0 Å². The fourth-order valence-corrected chi connectivity index (χ4v) is 1.50. The number of hydrogen-bond donors (Lipinski definition) is 0. The van der Waals surface area contributed by atoms with Crippen LogP contribution in [0.1, 0.15) is 19.4 Å². The van der Waals surface area contributed by atoms with Crippen LogP contribution < -0.4 is 22.1 Å². The van der Waals surface area contributed by atoms with Gasteiger partial charge in [-0.1, -0.05) is 54.8 Å². The summed E-state index contributed by atoms with van der Waals surface area (Å²) in [6.45, 7) is 3.12. The van der Waals surface area contributed by atoms with Crippen molar-refractivity contribution in [2.24, 2.45) is 0 Å². The first-order valence-electron chi connectivity index (χ1n) is 3.58. The molecule has 0 bridgehead atoms. The van der Waals surface area contributed by atoms with Crippen LogP contribution in [0.5, 0.6) is 0 Å². The first-order valence-corrected chi connectivity index (χ1v) is 4.33. The van der Waals surface area contributed by atoms with Crippen LogP contribution in [0.2, 0.25) is 10.0 Å². The van der Waals surface area contributed by atoms with E-state index in [-0.39, 0.29) is 40.0 Å². The summed E-state index contributed by atoms with van der Waals surface area (Å²) in [6.07, 6.45) is 0. The van der Waals surface area contributed by atoms with Gasteiger partial charge >= 0.3 is 23.1 Å². The van der Waals surface area contributed by atoms with E-state index >= 15 is 0 Å². The van der Waals surface area contributed by atoms with E-state index in [0.29, 0.717) is 15.6 Å². The van der Waals surface area contributed by atoms with Gasteiger partial charge in [0.2, 0.25) is 0 Å². The summed E-state index contributed by atoms with van der Waals surface area (Å²) in [6, 6.07) is 5.09. The average molecular weight is 308 g/mol. The standard InChI is InChI=1S/C9H9Cl2O.BrH.Mg/c1-9(2,12)6-4-3-5-7(10)8(6)11;;/h3-5H,1-2H3;1H;/q-1;;+2/p-1. The van der Waals surface area contributed by atoms with Crippen LogP contribution in [-0.2, 0) is 5.60 Å².